The lowest BCUT2D eigenvalue weighted by molar-refractivity contribution is -0.151. The van der Waals surface area contributed by atoms with E-state index in [9.17, 15) is 19.5 Å². The Morgan fingerprint density at radius 1 is 0.941 bits per heavy atom. The lowest BCUT2D eigenvalue weighted by Gasteiger charge is -2.32. The molecule has 0 bridgehead atoms. The third-order valence-corrected chi connectivity index (χ3v) is 6.92. The van der Waals surface area contributed by atoms with Gasteiger partial charge in [-0.2, -0.15) is 0 Å². The minimum absolute atomic E-state index is 0.100. The molecule has 1 fully saturated rings. The van der Waals surface area contributed by atoms with Crippen molar-refractivity contribution in [3.63, 3.8) is 0 Å². The zero-order chi connectivity index (χ0) is 24.5. The Hall–Kier alpha value is -2.99. The highest BCUT2D eigenvalue weighted by molar-refractivity contribution is 6.35. The summed E-state index contributed by atoms with van der Waals surface area (Å²) in [5, 5.41) is 12.3. The molecule has 34 heavy (non-hydrogen) atoms. The summed E-state index contributed by atoms with van der Waals surface area (Å²) in [5.41, 5.74) is 1.72. The molecule has 0 aromatic heterocycles. The van der Waals surface area contributed by atoms with Gasteiger partial charge in [0.1, 0.15) is 6.04 Å². The van der Waals surface area contributed by atoms with Crippen molar-refractivity contribution in [2.75, 3.05) is 6.61 Å². The topological polar surface area (TPSA) is 92.7 Å². The van der Waals surface area contributed by atoms with Gasteiger partial charge in [-0.15, -0.1) is 0 Å². The maximum atomic E-state index is 13.1. The first-order chi connectivity index (χ1) is 16.4. The number of ether oxygens (including phenoxy) is 1. The van der Waals surface area contributed by atoms with Crippen LogP contribution in [0.15, 0.2) is 60.7 Å². The molecule has 3 rings (SSSR count). The largest absolute Gasteiger partial charge is 0.475 e. The number of amides is 1. The number of nitrogens with one attached hydrogen (secondary N) is 1. The van der Waals surface area contributed by atoms with E-state index in [-0.39, 0.29) is 18.4 Å². The number of rotatable bonds is 11. The Labute approximate surface area is 201 Å². The highest BCUT2D eigenvalue weighted by atomic mass is 16.5. The molecule has 1 saturated carbocycles. The molecule has 2 aromatic carbocycles. The molecule has 2 atom stereocenters. The van der Waals surface area contributed by atoms with Crippen LogP contribution in [0.5, 0.6) is 0 Å². The van der Waals surface area contributed by atoms with Gasteiger partial charge in [0, 0.05) is 11.8 Å². The van der Waals surface area contributed by atoms with Crippen LogP contribution in [0, 0.1) is 17.8 Å². The van der Waals surface area contributed by atoms with Gasteiger partial charge in [-0.05, 0) is 48.6 Å². The summed E-state index contributed by atoms with van der Waals surface area (Å²) in [5.74, 6) is -2.48. The number of carbonyl (C=O) groups is 3. The van der Waals surface area contributed by atoms with Crippen LogP contribution in [0.3, 0.4) is 0 Å². The molecule has 182 valence electrons. The molecule has 2 unspecified atom stereocenters. The van der Waals surface area contributed by atoms with Crippen molar-refractivity contribution < 1.29 is 24.2 Å². The number of carboxylic acid groups (broad SMARTS) is 1. The van der Waals surface area contributed by atoms with Crippen molar-refractivity contribution in [1.82, 2.24) is 5.32 Å². The number of carbonyl (C=O) groups excluding carboxylic acids is 2. The first kappa shape index (κ1) is 25.6. The van der Waals surface area contributed by atoms with Crippen LogP contribution in [0.2, 0.25) is 0 Å². The predicted octanol–water partition coefficient (Wildman–Crippen LogP) is 4.59. The van der Waals surface area contributed by atoms with Crippen molar-refractivity contribution >= 4 is 17.7 Å². The van der Waals surface area contributed by atoms with Crippen molar-refractivity contribution in [2.24, 2.45) is 17.8 Å². The first-order valence-corrected chi connectivity index (χ1v) is 12.1. The third-order valence-electron chi connectivity index (χ3n) is 6.92. The maximum Gasteiger partial charge on any atom is 0.374 e. The van der Waals surface area contributed by atoms with Crippen LogP contribution in [0.25, 0.3) is 0 Å². The predicted molar refractivity (Wildman–Crippen MR) is 130 cm³/mol. The Kier molecular flexibility index (Phi) is 9.40. The van der Waals surface area contributed by atoms with E-state index in [1.165, 1.54) is 0 Å². The molecule has 1 aliphatic rings. The minimum atomic E-state index is -1.56. The number of carboxylic acids is 1. The van der Waals surface area contributed by atoms with E-state index in [2.05, 4.69) is 19.2 Å². The summed E-state index contributed by atoms with van der Waals surface area (Å²) in [6, 6.07) is 17.6. The number of hydrogen-bond donors (Lipinski definition) is 2. The number of benzene rings is 2. The zero-order valence-corrected chi connectivity index (χ0v) is 20.0. The molecular weight excluding hydrogens is 430 g/mol. The van der Waals surface area contributed by atoms with Crippen LogP contribution in [-0.2, 0) is 25.7 Å². The molecular formula is C28H35NO5. The van der Waals surface area contributed by atoms with E-state index in [0.29, 0.717) is 18.4 Å². The molecule has 1 aliphatic carbocycles. The van der Waals surface area contributed by atoms with Gasteiger partial charge in [0.25, 0.3) is 5.78 Å². The molecule has 0 heterocycles. The van der Waals surface area contributed by atoms with Gasteiger partial charge in [-0.25, -0.2) is 4.79 Å². The summed E-state index contributed by atoms with van der Waals surface area (Å²) in [6.07, 6.45) is 3.44. The fourth-order valence-corrected chi connectivity index (χ4v) is 4.76. The quantitative estimate of drug-likeness (QED) is 0.474. The van der Waals surface area contributed by atoms with Gasteiger partial charge in [0.2, 0.25) is 5.91 Å². The Morgan fingerprint density at radius 2 is 1.53 bits per heavy atom. The molecule has 0 radical (unpaired) electrons. The van der Waals surface area contributed by atoms with E-state index in [1.807, 2.05) is 60.7 Å². The molecule has 6 heteroatoms. The average Bonchev–Trinajstić information content (AvgIpc) is 2.86. The van der Waals surface area contributed by atoms with E-state index in [1.54, 1.807) is 0 Å². The second-order valence-electron chi connectivity index (χ2n) is 9.53. The van der Waals surface area contributed by atoms with E-state index in [0.717, 1.165) is 36.8 Å². The lowest BCUT2D eigenvalue weighted by atomic mass is 9.76. The Morgan fingerprint density at radius 3 is 2.09 bits per heavy atom. The van der Waals surface area contributed by atoms with Crippen molar-refractivity contribution in [3.05, 3.63) is 71.8 Å². The SMILES string of the molecule is CC(C)C1CCC(C(=O)NC(C(=O)C(=O)O)C(COCc2ccccc2)c2ccccc2)CC1. The minimum Gasteiger partial charge on any atom is -0.475 e. The second kappa shape index (κ2) is 12.5. The summed E-state index contributed by atoms with van der Waals surface area (Å²) in [6.45, 7) is 4.83. The van der Waals surface area contributed by atoms with Gasteiger partial charge in [-0.1, -0.05) is 74.5 Å². The lowest BCUT2D eigenvalue weighted by Crippen LogP contribution is -2.50. The Bertz CT molecular complexity index is 936. The summed E-state index contributed by atoms with van der Waals surface area (Å²) in [7, 11) is 0. The Balaban J connectivity index is 1.76. The van der Waals surface area contributed by atoms with E-state index in [4.69, 9.17) is 4.74 Å². The normalized spacial score (nSPS) is 19.9. The fourth-order valence-electron chi connectivity index (χ4n) is 4.76. The highest BCUT2D eigenvalue weighted by Gasteiger charge is 2.37. The maximum absolute atomic E-state index is 13.1. The fraction of sp³-hybridized carbons (Fsp3) is 0.464. The van der Waals surface area contributed by atoms with Gasteiger partial charge in [0.05, 0.1) is 13.2 Å². The van der Waals surface area contributed by atoms with Crippen molar-refractivity contribution in [1.29, 1.82) is 0 Å². The number of hydrogen-bond acceptors (Lipinski definition) is 4. The average molecular weight is 466 g/mol. The highest BCUT2D eigenvalue weighted by Crippen LogP contribution is 2.33. The molecule has 2 N–H and O–H groups in total. The molecule has 0 saturated heterocycles. The van der Waals surface area contributed by atoms with Crippen LogP contribution in [-0.4, -0.2) is 35.4 Å². The number of ketones is 1. The van der Waals surface area contributed by atoms with E-state index < -0.39 is 23.7 Å². The van der Waals surface area contributed by atoms with Gasteiger partial charge in [-0.3, -0.25) is 9.59 Å². The first-order valence-electron chi connectivity index (χ1n) is 12.1. The molecule has 0 spiro atoms. The van der Waals surface area contributed by atoms with E-state index >= 15 is 0 Å². The molecule has 6 nitrogen and oxygen atoms in total. The van der Waals surface area contributed by atoms with Gasteiger partial charge in [0.15, 0.2) is 0 Å². The van der Waals surface area contributed by atoms with Crippen molar-refractivity contribution in [2.45, 2.75) is 58.1 Å². The number of aliphatic carboxylic acids is 1. The van der Waals surface area contributed by atoms with Crippen LogP contribution in [0.1, 0.15) is 56.6 Å². The zero-order valence-electron chi connectivity index (χ0n) is 20.0. The third kappa shape index (κ3) is 7.00. The molecule has 1 amide bonds. The summed E-state index contributed by atoms with van der Waals surface area (Å²) in [4.78, 5) is 37.6. The summed E-state index contributed by atoms with van der Waals surface area (Å²) >= 11 is 0. The number of Topliss-reactive ketones (excluding diaryl/α,β-unsaturated/α-hetero) is 1. The summed E-state index contributed by atoms with van der Waals surface area (Å²) < 4.78 is 5.92. The van der Waals surface area contributed by atoms with Gasteiger partial charge < -0.3 is 15.2 Å². The monoisotopic (exact) mass is 465 g/mol. The van der Waals surface area contributed by atoms with Crippen LogP contribution in [0.4, 0.5) is 0 Å². The van der Waals surface area contributed by atoms with Crippen LogP contribution >= 0.6 is 0 Å². The van der Waals surface area contributed by atoms with Gasteiger partial charge >= 0.3 is 5.97 Å². The van der Waals surface area contributed by atoms with Crippen molar-refractivity contribution in [3.8, 4) is 0 Å². The molecule has 2 aromatic rings. The second-order valence-corrected chi connectivity index (χ2v) is 9.53. The standard InChI is InChI=1S/C28H35NO5/c1-19(2)21-13-15-23(16-14-21)27(31)29-25(26(30)28(32)33)24(22-11-7-4-8-12-22)18-34-17-20-9-5-3-6-10-20/h3-12,19,21,23-25H,13-18H2,1-2H3,(H,29,31)(H,32,33). The smallest absolute Gasteiger partial charge is 0.374 e. The van der Waals surface area contributed by atoms with Crippen LogP contribution < -0.4 is 5.32 Å². The molecule has 0 aliphatic heterocycles.